The van der Waals surface area contributed by atoms with Gasteiger partial charge < -0.3 is 10.2 Å². The summed E-state index contributed by atoms with van der Waals surface area (Å²) in [4.78, 5) is 14.0. The van der Waals surface area contributed by atoms with Crippen LogP contribution < -0.4 is 0 Å². The zero-order valence-electron chi connectivity index (χ0n) is 6.30. The third-order valence-electron chi connectivity index (χ3n) is 1.37. The lowest BCUT2D eigenvalue weighted by Crippen LogP contribution is -2.01. The molecule has 0 fully saturated rings. The van der Waals surface area contributed by atoms with Crippen LogP contribution in [0.4, 0.5) is 0 Å². The molecule has 1 aromatic heterocycles. The van der Waals surface area contributed by atoms with Gasteiger partial charge in [0.25, 0.3) is 0 Å². The minimum atomic E-state index is -0.898. The smallest absolute Gasteiger partial charge is 0.303 e. The average Bonchev–Trinajstić information content (AvgIpc) is 2.51. The summed E-state index contributed by atoms with van der Waals surface area (Å²) in [5, 5.41) is 20.0. The predicted octanol–water partition coefficient (Wildman–Crippen LogP) is 1.04. The van der Waals surface area contributed by atoms with Crippen LogP contribution in [0.3, 0.4) is 0 Å². The first kappa shape index (κ1) is 9.15. The number of hydrogen-bond donors (Lipinski definition) is 2. The number of hydrogen-bond acceptors (Lipinski definition) is 4. The number of carbonyl (C=O) groups is 1. The quantitative estimate of drug-likeness (QED) is 0.738. The molecule has 0 saturated heterocycles. The van der Waals surface area contributed by atoms with Crippen LogP contribution in [0.1, 0.15) is 24.0 Å². The summed E-state index contributed by atoms with van der Waals surface area (Å²) in [6.45, 7) is 0. The van der Waals surface area contributed by atoms with Crippen LogP contribution in [0.25, 0.3) is 0 Å². The SMILES string of the molecule is O=C(O)CCC(O)c1nccs1. The Hall–Kier alpha value is -0.940. The van der Waals surface area contributed by atoms with Gasteiger partial charge in [0, 0.05) is 18.0 Å². The molecule has 4 nitrogen and oxygen atoms in total. The lowest BCUT2D eigenvalue weighted by atomic mass is 10.2. The van der Waals surface area contributed by atoms with Crippen molar-refractivity contribution in [1.29, 1.82) is 0 Å². The molecule has 0 bridgehead atoms. The van der Waals surface area contributed by atoms with E-state index in [2.05, 4.69) is 4.98 Å². The predicted molar refractivity (Wildman–Crippen MR) is 43.9 cm³/mol. The molecule has 2 N–H and O–H groups in total. The molecule has 0 saturated carbocycles. The Kier molecular flexibility index (Phi) is 3.19. The van der Waals surface area contributed by atoms with E-state index in [4.69, 9.17) is 5.11 Å². The molecule has 1 aromatic rings. The third kappa shape index (κ3) is 2.60. The van der Waals surface area contributed by atoms with Crippen molar-refractivity contribution in [3.63, 3.8) is 0 Å². The average molecular weight is 187 g/mol. The Balaban J connectivity index is 2.39. The fourth-order valence-electron chi connectivity index (χ4n) is 0.783. The largest absolute Gasteiger partial charge is 0.481 e. The molecule has 0 aliphatic heterocycles. The number of nitrogens with zero attached hydrogens (tertiary/aromatic N) is 1. The van der Waals surface area contributed by atoms with Crippen LogP contribution in [0.15, 0.2) is 11.6 Å². The second-order valence-corrected chi connectivity index (χ2v) is 3.24. The van der Waals surface area contributed by atoms with Crippen LogP contribution in [0.5, 0.6) is 0 Å². The normalized spacial score (nSPS) is 12.8. The molecule has 0 spiro atoms. The first-order chi connectivity index (χ1) is 5.70. The van der Waals surface area contributed by atoms with E-state index in [1.165, 1.54) is 11.3 Å². The molecule has 0 aliphatic carbocycles. The monoisotopic (exact) mass is 187 g/mol. The molecule has 1 rings (SSSR count). The Morgan fingerprint density at radius 1 is 1.75 bits per heavy atom. The minimum Gasteiger partial charge on any atom is -0.481 e. The molecule has 0 aromatic carbocycles. The van der Waals surface area contributed by atoms with Gasteiger partial charge in [0.15, 0.2) is 0 Å². The maximum Gasteiger partial charge on any atom is 0.303 e. The fraction of sp³-hybridized carbons (Fsp3) is 0.429. The zero-order chi connectivity index (χ0) is 8.97. The van der Waals surface area contributed by atoms with Gasteiger partial charge in [-0.1, -0.05) is 0 Å². The van der Waals surface area contributed by atoms with Crippen molar-refractivity contribution in [3.8, 4) is 0 Å². The lowest BCUT2D eigenvalue weighted by molar-refractivity contribution is -0.137. The number of aliphatic hydroxyl groups excluding tert-OH is 1. The van der Waals surface area contributed by atoms with E-state index in [-0.39, 0.29) is 12.8 Å². The molecule has 1 atom stereocenters. The van der Waals surface area contributed by atoms with E-state index in [9.17, 15) is 9.90 Å². The second-order valence-electron chi connectivity index (χ2n) is 2.32. The topological polar surface area (TPSA) is 70.4 Å². The van der Waals surface area contributed by atoms with E-state index in [1.807, 2.05) is 0 Å². The molecular weight excluding hydrogens is 178 g/mol. The molecule has 0 amide bonds. The van der Waals surface area contributed by atoms with Crippen molar-refractivity contribution in [2.75, 3.05) is 0 Å². The summed E-state index contributed by atoms with van der Waals surface area (Å²) in [6.07, 6.45) is 1.05. The van der Waals surface area contributed by atoms with Gasteiger partial charge in [-0.25, -0.2) is 4.98 Å². The first-order valence-electron chi connectivity index (χ1n) is 3.49. The molecule has 0 aliphatic rings. The Morgan fingerprint density at radius 3 is 3.00 bits per heavy atom. The summed E-state index contributed by atoms with van der Waals surface area (Å²) in [6, 6.07) is 0. The maximum absolute atomic E-state index is 10.1. The molecule has 66 valence electrons. The summed E-state index contributed by atoms with van der Waals surface area (Å²) in [5.74, 6) is -0.898. The molecule has 1 heterocycles. The zero-order valence-corrected chi connectivity index (χ0v) is 7.12. The number of carboxylic acids is 1. The van der Waals surface area contributed by atoms with Crippen LogP contribution >= 0.6 is 11.3 Å². The first-order valence-corrected chi connectivity index (χ1v) is 4.37. The number of carboxylic acid groups (broad SMARTS) is 1. The van der Waals surface area contributed by atoms with Crippen LogP contribution in [-0.4, -0.2) is 21.2 Å². The highest BCUT2D eigenvalue weighted by atomic mass is 32.1. The molecule has 12 heavy (non-hydrogen) atoms. The maximum atomic E-state index is 10.1. The van der Waals surface area contributed by atoms with Crippen molar-refractivity contribution in [1.82, 2.24) is 4.98 Å². The van der Waals surface area contributed by atoms with Gasteiger partial charge in [0.1, 0.15) is 11.1 Å². The van der Waals surface area contributed by atoms with Gasteiger partial charge >= 0.3 is 5.97 Å². The van der Waals surface area contributed by atoms with Crippen molar-refractivity contribution in [3.05, 3.63) is 16.6 Å². The van der Waals surface area contributed by atoms with Crippen molar-refractivity contribution in [2.24, 2.45) is 0 Å². The van der Waals surface area contributed by atoms with Crippen molar-refractivity contribution >= 4 is 17.3 Å². The third-order valence-corrected chi connectivity index (χ3v) is 2.24. The number of aliphatic carboxylic acids is 1. The van der Waals surface area contributed by atoms with Gasteiger partial charge in [-0.2, -0.15) is 0 Å². The lowest BCUT2D eigenvalue weighted by Gasteiger charge is -2.03. The van der Waals surface area contributed by atoms with Crippen LogP contribution in [-0.2, 0) is 4.79 Å². The van der Waals surface area contributed by atoms with Gasteiger partial charge in [-0.3, -0.25) is 4.79 Å². The van der Waals surface area contributed by atoms with Gasteiger partial charge in [0.05, 0.1) is 0 Å². The highest BCUT2D eigenvalue weighted by Crippen LogP contribution is 2.19. The van der Waals surface area contributed by atoms with E-state index < -0.39 is 12.1 Å². The van der Waals surface area contributed by atoms with Gasteiger partial charge in [-0.15, -0.1) is 11.3 Å². The number of thiazole rings is 1. The van der Waals surface area contributed by atoms with Crippen molar-refractivity contribution in [2.45, 2.75) is 18.9 Å². The van der Waals surface area contributed by atoms with Crippen LogP contribution in [0.2, 0.25) is 0 Å². The highest BCUT2D eigenvalue weighted by Gasteiger charge is 2.11. The highest BCUT2D eigenvalue weighted by molar-refractivity contribution is 7.09. The summed E-state index contributed by atoms with van der Waals surface area (Å²) in [5.41, 5.74) is 0. The van der Waals surface area contributed by atoms with Gasteiger partial charge in [0.2, 0.25) is 0 Å². The second kappa shape index (κ2) is 4.18. The molecule has 0 radical (unpaired) electrons. The van der Waals surface area contributed by atoms with E-state index in [0.717, 1.165) is 0 Å². The summed E-state index contributed by atoms with van der Waals surface area (Å²) >= 11 is 1.33. The Bertz CT molecular complexity index is 247. The Labute approximate surface area is 73.5 Å². The molecular formula is C7H9NO3S. The van der Waals surface area contributed by atoms with Crippen LogP contribution in [0, 0.1) is 0 Å². The fourth-order valence-corrected chi connectivity index (χ4v) is 1.44. The number of rotatable bonds is 4. The number of aliphatic hydroxyl groups is 1. The summed E-state index contributed by atoms with van der Waals surface area (Å²) in [7, 11) is 0. The standard InChI is InChI=1S/C7H9NO3S/c9-5(1-2-6(10)11)7-8-3-4-12-7/h3-5,9H,1-2H2,(H,10,11). The summed E-state index contributed by atoms with van der Waals surface area (Å²) < 4.78 is 0. The van der Waals surface area contributed by atoms with E-state index in [1.54, 1.807) is 11.6 Å². The van der Waals surface area contributed by atoms with Crippen molar-refractivity contribution < 1.29 is 15.0 Å². The Morgan fingerprint density at radius 2 is 2.50 bits per heavy atom. The van der Waals surface area contributed by atoms with E-state index in [0.29, 0.717) is 5.01 Å². The minimum absolute atomic E-state index is 0.0270. The van der Waals surface area contributed by atoms with E-state index >= 15 is 0 Å². The van der Waals surface area contributed by atoms with Gasteiger partial charge in [-0.05, 0) is 6.42 Å². The number of aromatic nitrogens is 1. The molecule has 5 heteroatoms. The molecule has 1 unspecified atom stereocenters.